The highest BCUT2D eigenvalue weighted by molar-refractivity contribution is 7.92. The SMILES string of the molecule is CN(c1ccc(CC(=O)NCCc2ccccc2)cc1)S(=O)(=O)c1ccccc1. The monoisotopic (exact) mass is 408 g/mol. The van der Waals surface area contributed by atoms with Crippen LogP contribution >= 0.6 is 0 Å². The molecule has 0 aromatic heterocycles. The summed E-state index contributed by atoms with van der Waals surface area (Å²) in [4.78, 5) is 12.4. The highest BCUT2D eigenvalue weighted by atomic mass is 32.2. The Morgan fingerprint density at radius 2 is 1.41 bits per heavy atom. The lowest BCUT2D eigenvalue weighted by Gasteiger charge is -2.19. The van der Waals surface area contributed by atoms with Crippen LogP contribution in [0.5, 0.6) is 0 Å². The van der Waals surface area contributed by atoms with Gasteiger partial charge in [0.05, 0.1) is 17.0 Å². The van der Waals surface area contributed by atoms with Gasteiger partial charge in [-0.2, -0.15) is 0 Å². The van der Waals surface area contributed by atoms with Crippen molar-refractivity contribution in [2.24, 2.45) is 0 Å². The van der Waals surface area contributed by atoms with Gasteiger partial charge in [0, 0.05) is 13.6 Å². The minimum absolute atomic E-state index is 0.0565. The Labute approximate surface area is 172 Å². The van der Waals surface area contributed by atoms with Crippen molar-refractivity contribution in [3.63, 3.8) is 0 Å². The van der Waals surface area contributed by atoms with Crippen molar-refractivity contribution in [3.05, 3.63) is 96.1 Å². The molecule has 0 bridgehead atoms. The van der Waals surface area contributed by atoms with E-state index >= 15 is 0 Å². The summed E-state index contributed by atoms with van der Waals surface area (Å²) in [6.07, 6.45) is 1.04. The van der Waals surface area contributed by atoms with Crippen LogP contribution in [-0.2, 0) is 27.7 Å². The highest BCUT2D eigenvalue weighted by Crippen LogP contribution is 2.22. The zero-order valence-electron chi connectivity index (χ0n) is 16.3. The van der Waals surface area contributed by atoms with Crippen molar-refractivity contribution >= 4 is 21.6 Å². The molecule has 0 heterocycles. The molecule has 3 rings (SSSR count). The van der Waals surface area contributed by atoms with Crippen LogP contribution in [-0.4, -0.2) is 27.9 Å². The first kappa shape index (κ1) is 20.6. The first-order chi connectivity index (χ1) is 14.0. The first-order valence-electron chi connectivity index (χ1n) is 9.40. The van der Waals surface area contributed by atoms with Crippen LogP contribution in [0.2, 0.25) is 0 Å². The average Bonchev–Trinajstić information content (AvgIpc) is 2.75. The number of nitrogens with zero attached hydrogens (tertiary/aromatic N) is 1. The van der Waals surface area contributed by atoms with Crippen molar-refractivity contribution in [2.45, 2.75) is 17.7 Å². The summed E-state index contributed by atoms with van der Waals surface area (Å²) in [6.45, 7) is 0.582. The summed E-state index contributed by atoms with van der Waals surface area (Å²) in [7, 11) is -2.09. The molecule has 0 fully saturated rings. The van der Waals surface area contributed by atoms with Crippen molar-refractivity contribution < 1.29 is 13.2 Å². The molecule has 6 heteroatoms. The third-order valence-corrected chi connectivity index (χ3v) is 6.44. The third-order valence-electron chi connectivity index (χ3n) is 4.64. The van der Waals surface area contributed by atoms with E-state index in [0.29, 0.717) is 12.2 Å². The molecule has 0 radical (unpaired) electrons. The lowest BCUT2D eigenvalue weighted by molar-refractivity contribution is -0.120. The van der Waals surface area contributed by atoms with Gasteiger partial charge in [-0.1, -0.05) is 60.7 Å². The van der Waals surface area contributed by atoms with Gasteiger partial charge >= 0.3 is 0 Å². The van der Waals surface area contributed by atoms with E-state index < -0.39 is 10.0 Å². The van der Waals surface area contributed by atoms with Gasteiger partial charge in [0.25, 0.3) is 10.0 Å². The van der Waals surface area contributed by atoms with Crippen molar-refractivity contribution in [2.75, 3.05) is 17.9 Å². The summed E-state index contributed by atoms with van der Waals surface area (Å²) >= 11 is 0. The van der Waals surface area contributed by atoms with Crippen LogP contribution in [0.25, 0.3) is 0 Å². The van der Waals surface area contributed by atoms with Gasteiger partial charge in [0.1, 0.15) is 0 Å². The largest absolute Gasteiger partial charge is 0.355 e. The summed E-state index contributed by atoms with van der Waals surface area (Å²) < 4.78 is 26.6. The number of hydrogen-bond donors (Lipinski definition) is 1. The van der Waals surface area contributed by atoms with Gasteiger partial charge < -0.3 is 5.32 Å². The average molecular weight is 409 g/mol. The Balaban J connectivity index is 1.56. The van der Waals surface area contributed by atoms with E-state index in [1.54, 1.807) is 54.6 Å². The van der Waals surface area contributed by atoms with E-state index in [0.717, 1.165) is 12.0 Å². The van der Waals surface area contributed by atoms with Crippen LogP contribution in [0.15, 0.2) is 89.8 Å². The Morgan fingerprint density at radius 3 is 2.03 bits per heavy atom. The number of carbonyl (C=O) groups is 1. The Kier molecular flexibility index (Phi) is 6.67. The van der Waals surface area contributed by atoms with Gasteiger partial charge in [-0.15, -0.1) is 0 Å². The second-order valence-electron chi connectivity index (χ2n) is 6.71. The standard InChI is InChI=1S/C23H24N2O3S/c1-25(29(27,28)22-10-6-3-7-11-22)21-14-12-20(13-15-21)18-23(26)24-17-16-19-8-4-2-5-9-19/h2-15H,16-18H2,1H3,(H,24,26). The van der Waals surface area contributed by atoms with Gasteiger partial charge in [-0.25, -0.2) is 8.42 Å². The molecule has 1 N–H and O–H groups in total. The summed E-state index contributed by atoms with van der Waals surface area (Å²) in [5.41, 5.74) is 2.55. The molecule has 3 aromatic rings. The molecule has 5 nitrogen and oxygen atoms in total. The fourth-order valence-corrected chi connectivity index (χ4v) is 4.17. The zero-order chi connectivity index (χ0) is 20.7. The van der Waals surface area contributed by atoms with Gasteiger partial charge in [-0.05, 0) is 41.8 Å². The fourth-order valence-electron chi connectivity index (χ4n) is 2.95. The Morgan fingerprint density at radius 1 is 0.828 bits per heavy atom. The number of carbonyl (C=O) groups excluding carboxylic acids is 1. The molecule has 1 amide bonds. The van der Waals surface area contributed by atoms with Crippen LogP contribution < -0.4 is 9.62 Å². The minimum Gasteiger partial charge on any atom is -0.355 e. The number of benzene rings is 3. The second kappa shape index (κ2) is 9.39. The predicted molar refractivity (Wildman–Crippen MR) is 115 cm³/mol. The molecule has 0 spiro atoms. The Hall–Kier alpha value is -3.12. The normalized spacial score (nSPS) is 11.1. The summed E-state index contributed by atoms with van der Waals surface area (Å²) in [6, 6.07) is 25.3. The summed E-state index contributed by atoms with van der Waals surface area (Å²) in [5.74, 6) is -0.0565. The quantitative estimate of drug-likeness (QED) is 0.621. The summed E-state index contributed by atoms with van der Waals surface area (Å²) in [5, 5.41) is 2.92. The van der Waals surface area contributed by atoms with E-state index in [1.807, 2.05) is 30.3 Å². The zero-order valence-corrected chi connectivity index (χ0v) is 17.1. The second-order valence-corrected chi connectivity index (χ2v) is 8.68. The molecule has 0 aliphatic carbocycles. The smallest absolute Gasteiger partial charge is 0.264 e. The number of anilines is 1. The van der Waals surface area contributed by atoms with E-state index in [4.69, 9.17) is 0 Å². The fraction of sp³-hybridized carbons (Fsp3) is 0.174. The number of nitrogens with one attached hydrogen (secondary N) is 1. The van der Waals surface area contributed by atoms with E-state index in [-0.39, 0.29) is 17.2 Å². The van der Waals surface area contributed by atoms with Gasteiger partial charge in [-0.3, -0.25) is 9.10 Å². The molecule has 150 valence electrons. The van der Waals surface area contributed by atoms with Crippen molar-refractivity contribution in [1.29, 1.82) is 0 Å². The molecule has 0 aliphatic rings. The molecule has 0 aliphatic heterocycles. The number of hydrogen-bond acceptors (Lipinski definition) is 3. The predicted octanol–water partition coefficient (Wildman–Crippen LogP) is 3.41. The lowest BCUT2D eigenvalue weighted by Crippen LogP contribution is -2.27. The molecule has 0 saturated carbocycles. The van der Waals surface area contributed by atoms with E-state index in [2.05, 4.69) is 5.32 Å². The molecule has 0 atom stereocenters. The molecule has 0 unspecified atom stereocenters. The van der Waals surface area contributed by atoms with Gasteiger partial charge in [0.2, 0.25) is 5.91 Å². The van der Waals surface area contributed by atoms with Crippen LogP contribution in [0, 0.1) is 0 Å². The molecule has 29 heavy (non-hydrogen) atoms. The number of amides is 1. The van der Waals surface area contributed by atoms with E-state index in [9.17, 15) is 13.2 Å². The maximum atomic E-state index is 12.7. The maximum absolute atomic E-state index is 12.7. The molecular formula is C23H24N2O3S. The van der Waals surface area contributed by atoms with Crippen LogP contribution in [0.3, 0.4) is 0 Å². The number of rotatable bonds is 8. The number of sulfonamides is 1. The topological polar surface area (TPSA) is 66.5 Å². The Bertz CT molecular complexity index is 1030. The maximum Gasteiger partial charge on any atom is 0.264 e. The lowest BCUT2D eigenvalue weighted by atomic mass is 10.1. The van der Waals surface area contributed by atoms with Gasteiger partial charge in [0.15, 0.2) is 0 Å². The molecular weight excluding hydrogens is 384 g/mol. The minimum atomic E-state index is -3.61. The third kappa shape index (κ3) is 5.45. The van der Waals surface area contributed by atoms with Crippen molar-refractivity contribution in [1.82, 2.24) is 5.32 Å². The first-order valence-corrected chi connectivity index (χ1v) is 10.8. The molecule has 3 aromatic carbocycles. The van der Waals surface area contributed by atoms with Crippen LogP contribution in [0.1, 0.15) is 11.1 Å². The van der Waals surface area contributed by atoms with E-state index in [1.165, 1.54) is 16.9 Å². The van der Waals surface area contributed by atoms with Crippen molar-refractivity contribution in [3.8, 4) is 0 Å². The molecule has 0 saturated heterocycles. The highest BCUT2D eigenvalue weighted by Gasteiger charge is 2.20. The van der Waals surface area contributed by atoms with Crippen LogP contribution in [0.4, 0.5) is 5.69 Å².